The number of likely N-dealkylation sites (tertiary alicyclic amines) is 1. The van der Waals surface area contributed by atoms with E-state index in [0.717, 1.165) is 37.4 Å². The summed E-state index contributed by atoms with van der Waals surface area (Å²) in [4.78, 5) is 31.7. The number of benzene rings is 1. The van der Waals surface area contributed by atoms with Crippen molar-refractivity contribution < 1.29 is 14.3 Å². The number of carbonyl (C=O) groups is 2. The van der Waals surface area contributed by atoms with E-state index < -0.39 is 5.54 Å². The number of hydrogen-bond donors (Lipinski definition) is 0. The van der Waals surface area contributed by atoms with Gasteiger partial charge in [-0.1, -0.05) is 44.2 Å². The highest BCUT2D eigenvalue weighted by Crippen LogP contribution is 2.37. The molecule has 0 saturated carbocycles. The molecule has 0 aromatic heterocycles. The molecule has 1 aromatic carbocycles. The van der Waals surface area contributed by atoms with Crippen molar-refractivity contribution in [2.75, 3.05) is 39.8 Å². The van der Waals surface area contributed by atoms with Gasteiger partial charge in [-0.15, -0.1) is 0 Å². The van der Waals surface area contributed by atoms with Crippen LogP contribution < -0.4 is 4.74 Å². The lowest BCUT2D eigenvalue weighted by atomic mass is 9.85. The van der Waals surface area contributed by atoms with Crippen LogP contribution in [-0.4, -0.2) is 72.0 Å². The van der Waals surface area contributed by atoms with Crippen molar-refractivity contribution in [3.63, 3.8) is 0 Å². The van der Waals surface area contributed by atoms with Gasteiger partial charge in [0.2, 0.25) is 0 Å². The zero-order valence-corrected chi connectivity index (χ0v) is 18.8. The number of methoxy groups -OCH3 is 1. The van der Waals surface area contributed by atoms with Crippen molar-refractivity contribution in [2.45, 2.75) is 45.6 Å². The van der Waals surface area contributed by atoms with Crippen LogP contribution in [0.3, 0.4) is 0 Å². The third-order valence-corrected chi connectivity index (χ3v) is 6.35. The van der Waals surface area contributed by atoms with Gasteiger partial charge < -0.3 is 9.64 Å². The predicted octanol–water partition coefficient (Wildman–Crippen LogP) is 3.87. The number of imide groups is 1. The normalized spacial score (nSPS) is 19.6. The van der Waals surface area contributed by atoms with Crippen molar-refractivity contribution in [3.05, 3.63) is 35.9 Å². The fourth-order valence-corrected chi connectivity index (χ4v) is 4.48. The Morgan fingerprint density at radius 3 is 2.50 bits per heavy atom. The molecule has 0 bridgehead atoms. The minimum absolute atomic E-state index is 0.00275. The van der Waals surface area contributed by atoms with Crippen LogP contribution in [0.4, 0.5) is 4.79 Å². The van der Waals surface area contributed by atoms with Crippen LogP contribution in [0.5, 0.6) is 5.75 Å². The highest BCUT2D eigenvalue weighted by atomic mass is 16.5. The molecule has 6 nitrogen and oxygen atoms in total. The van der Waals surface area contributed by atoms with Gasteiger partial charge in [-0.25, -0.2) is 4.79 Å². The van der Waals surface area contributed by atoms with Gasteiger partial charge in [0.25, 0.3) is 5.91 Å². The highest BCUT2D eigenvalue weighted by molar-refractivity contribution is 6.07. The topological polar surface area (TPSA) is 53.1 Å². The highest BCUT2D eigenvalue weighted by Gasteiger charge is 2.57. The molecule has 3 amide bonds. The summed E-state index contributed by atoms with van der Waals surface area (Å²) in [7, 11) is 1.68. The maximum Gasteiger partial charge on any atom is 0.327 e. The van der Waals surface area contributed by atoms with Crippen LogP contribution in [0.25, 0.3) is 6.08 Å². The Labute approximate surface area is 180 Å². The number of likely N-dealkylation sites (N-methyl/N-ethyl adjacent to an activating group) is 1. The SMILES string of the molecule is CCN1C(=O)N(CCC(C)C)C2(CCN(C/C=C/c3ccccc3OC)CC2)C1=O. The first-order chi connectivity index (χ1) is 14.4. The lowest BCUT2D eigenvalue weighted by Crippen LogP contribution is -2.56. The molecular weight excluding hydrogens is 378 g/mol. The Kier molecular flexibility index (Phi) is 7.19. The number of amides is 3. The van der Waals surface area contributed by atoms with E-state index >= 15 is 0 Å². The fraction of sp³-hybridized carbons (Fsp3) is 0.583. The van der Waals surface area contributed by atoms with E-state index in [-0.39, 0.29) is 11.9 Å². The summed E-state index contributed by atoms with van der Waals surface area (Å²) in [5.41, 5.74) is 0.411. The van der Waals surface area contributed by atoms with Crippen LogP contribution >= 0.6 is 0 Å². The molecule has 0 radical (unpaired) electrons. The number of nitrogens with zero attached hydrogens (tertiary/aromatic N) is 3. The third kappa shape index (κ3) is 4.38. The van der Waals surface area contributed by atoms with Gasteiger partial charge in [0.1, 0.15) is 11.3 Å². The number of hydrogen-bond acceptors (Lipinski definition) is 4. The van der Waals surface area contributed by atoms with Gasteiger partial charge in [0.15, 0.2) is 0 Å². The maximum atomic E-state index is 13.2. The van der Waals surface area contributed by atoms with Crippen molar-refractivity contribution >= 4 is 18.0 Å². The largest absolute Gasteiger partial charge is 0.496 e. The van der Waals surface area contributed by atoms with Crippen LogP contribution in [0.15, 0.2) is 30.3 Å². The molecule has 3 rings (SSSR count). The van der Waals surface area contributed by atoms with Gasteiger partial charge >= 0.3 is 6.03 Å². The number of para-hydroxylation sites is 1. The van der Waals surface area contributed by atoms with Crippen molar-refractivity contribution in [1.82, 2.24) is 14.7 Å². The number of urea groups is 1. The molecule has 164 valence electrons. The quantitative estimate of drug-likeness (QED) is 0.607. The first-order valence-electron chi connectivity index (χ1n) is 11.1. The minimum atomic E-state index is -0.648. The Morgan fingerprint density at radius 2 is 1.87 bits per heavy atom. The molecule has 0 N–H and O–H groups in total. The fourth-order valence-electron chi connectivity index (χ4n) is 4.48. The van der Waals surface area contributed by atoms with E-state index in [4.69, 9.17) is 4.74 Å². The molecule has 6 heteroatoms. The average Bonchev–Trinajstić information content (AvgIpc) is 2.94. The van der Waals surface area contributed by atoms with E-state index in [1.165, 1.54) is 4.90 Å². The van der Waals surface area contributed by atoms with Crippen LogP contribution in [-0.2, 0) is 4.79 Å². The smallest absolute Gasteiger partial charge is 0.327 e. The van der Waals surface area contributed by atoms with E-state index in [9.17, 15) is 9.59 Å². The monoisotopic (exact) mass is 413 g/mol. The Bertz CT molecular complexity index is 782. The first kappa shape index (κ1) is 22.3. The Hall–Kier alpha value is -2.34. The first-order valence-corrected chi connectivity index (χ1v) is 11.1. The molecule has 2 fully saturated rings. The number of piperidine rings is 1. The lowest BCUT2D eigenvalue weighted by molar-refractivity contribution is -0.135. The molecule has 0 unspecified atom stereocenters. The molecule has 2 aliphatic rings. The summed E-state index contributed by atoms with van der Waals surface area (Å²) in [6, 6.07) is 7.85. The molecule has 0 aliphatic carbocycles. The molecule has 1 aromatic rings. The van der Waals surface area contributed by atoms with Crippen molar-refractivity contribution in [1.29, 1.82) is 0 Å². The second-order valence-electron chi connectivity index (χ2n) is 8.64. The number of ether oxygens (including phenoxy) is 1. The molecule has 2 aliphatic heterocycles. The van der Waals surface area contributed by atoms with Crippen molar-refractivity contribution in [3.8, 4) is 5.75 Å². The number of carbonyl (C=O) groups excluding carboxylic acids is 2. The zero-order chi connectivity index (χ0) is 21.7. The average molecular weight is 414 g/mol. The molecule has 2 heterocycles. The summed E-state index contributed by atoms with van der Waals surface area (Å²) in [5.74, 6) is 1.37. The third-order valence-electron chi connectivity index (χ3n) is 6.35. The summed E-state index contributed by atoms with van der Waals surface area (Å²) in [6.45, 7) is 9.74. The van der Waals surface area contributed by atoms with Gasteiger partial charge in [-0.3, -0.25) is 14.6 Å². The minimum Gasteiger partial charge on any atom is -0.496 e. The van der Waals surface area contributed by atoms with Gasteiger partial charge in [0, 0.05) is 38.3 Å². The van der Waals surface area contributed by atoms with Crippen molar-refractivity contribution in [2.24, 2.45) is 5.92 Å². The zero-order valence-electron chi connectivity index (χ0n) is 18.8. The Balaban J connectivity index is 1.65. The second-order valence-corrected chi connectivity index (χ2v) is 8.64. The molecule has 30 heavy (non-hydrogen) atoms. The van der Waals surface area contributed by atoms with Crippen LogP contribution in [0.1, 0.15) is 45.6 Å². The summed E-state index contributed by atoms with van der Waals surface area (Å²) in [5, 5.41) is 0. The number of rotatable bonds is 8. The predicted molar refractivity (Wildman–Crippen MR) is 119 cm³/mol. The van der Waals surface area contributed by atoms with Gasteiger partial charge in [-0.2, -0.15) is 0 Å². The van der Waals surface area contributed by atoms with E-state index in [0.29, 0.717) is 31.8 Å². The Morgan fingerprint density at radius 1 is 1.17 bits per heavy atom. The lowest BCUT2D eigenvalue weighted by Gasteiger charge is -2.42. The summed E-state index contributed by atoms with van der Waals surface area (Å²) >= 11 is 0. The molecule has 0 atom stereocenters. The molecular formula is C24H35N3O3. The molecule has 1 spiro atoms. The maximum absolute atomic E-state index is 13.2. The summed E-state index contributed by atoms with van der Waals surface area (Å²) < 4.78 is 5.40. The van der Waals surface area contributed by atoms with Gasteiger partial charge in [0.05, 0.1) is 7.11 Å². The standard InChI is InChI=1S/C24H35N3O3/c1-5-26-22(28)24(27(23(26)29)16-12-19(2)3)13-17-25(18-14-24)15-8-10-20-9-6-7-11-21(20)30-4/h6-11,19H,5,12-18H2,1-4H3/b10-8+. The van der Waals surface area contributed by atoms with Gasteiger partial charge in [-0.05, 0) is 38.2 Å². The van der Waals surface area contributed by atoms with E-state index in [1.54, 1.807) is 7.11 Å². The van der Waals surface area contributed by atoms with Crippen LogP contribution in [0, 0.1) is 5.92 Å². The molecule has 2 saturated heterocycles. The van der Waals surface area contributed by atoms with E-state index in [2.05, 4.69) is 30.9 Å². The second kappa shape index (κ2) is 9.65. The van der Waals surface area contributed by atoms with Crippen LogP contribution in [0.2, 0.25) is 0 Å². The summed E-state index contributed by atoms with van der Waals surface area (Å²) in [6.07, 6.45) is 6.56. The van der Waals surface area contributed by atoms with E-state index in [1.807, 2.05) is 36.1 Å².